The summed E-state index contributed by atoms with van der Waals surface area (Å²) in [6.07, 6.45) is -0.555. The van der Waals surface area contributed by atoms with E-state index in [4.69, 9.17) is 18.9 Å². The lowest BCUT2D eigenvalue weighted by atomic mass is 10.0. The first-order valence-electron chi connectivity index (χ1n) is 7.70. The minimum Gasteiger partial charge on any atom is -0.493 e. The van der Waals surface area contributed by atoms with Crippen molar-refractivity contribution in [2.75, 3.05) is 27.9 Å². The number of hydrogen-bond acceptors (Lipinski definition) is 6. The van der Waals surface area contributed by atoms with Gasteiger partial charge in [0.25, 0.3) is 0 Å². The Bertz CT molecular complexity index is 603. The fraction of sp³-hybridized carbons (Fsp3) is 0.529. The van der Waals surface area contributed by atoms with Gasteiger partial charge in [-0.05, 0) is 23.6 Å². The van der Waals surface area contributed by atoms with Crippen LogP contribution < -0.4 is 14.2 Å². The number of carbonyl (C=O) groups excluding carboxylic acids is 2. The molecule has 1 atom stereocenters. The van der Waals surface area contributed by atoms with Gasteiger partial charge < -0.3 is 18.9 Å². The van der Waals surface area contributed by atoms with E-state index in [0.29, 0.717) is 22.8 Å². The molecule has 0 radical (unpaired) electrons. The van der Waals surface area contributed by atoms with Crippen LogP contribution in [0.15, 0.2) is 12.1 Å². The molecule has 2 amide bonds. The molecule has 2 rings (SSSR count). The third-order valence-corrected chi connectivity index (χ3v) is 4.02. The van der Waals surface area contributed by atoms with Gasteiger partial charge in [0, 0.05) is 0 Å². The summed E-state index contributed by atoms with van der Waals surface area (Å²) in [5.74, 6) is 1.19. The van der Waals surface area contributed by atoms with Crippen molar-refractivity contribution in [3.05, 3.63) is 17.7 Å². The van der Waals surface area contributed by atoms with Crippen LogP contribution in [-0.2, 0) is 16.0 Å². The molecule has 0 aromatic heterocycles. The number of hydrogen-bond donors (Lipinski definition) is 0. The molecule has 1 heterocycles. The Balaban J connectivity index is 2.27. The van der Waals surface area contributed by atoms with Gasteiger partial charge in [-0.25, -0.2) is 9.69 Å². The van der Waals surface area contributed by atoms with E-state index in [1.807, 2.05) is 13.8 Å². The van der Waals surface area contributed by atoms with Gasteiger partial charge in [-0.15, -0.1) is 0 Å². The molecule has 1 aliphatic heterocycles. The molecule has 132 valence electrons. The smallest absolute Gasteiger partial charge is 0.416 e. The van der Waals surface area contributed by atoms with Crippen LogP contribution in [0.5, 0.6) is 17.2 Å². The maximum atomic E-state index is 12.6. The van der Waals surface area contributed by atoms with Gasteiger partial charge in [0.05, 0.1) is 33.8 Å². The predicted octanol–water partition coefficient (Wildman–Crippen LogP) is 2.26. The van der Waals surface area contributed by atoms with Gasteiger partial charge in [-0.3, -0.25) is 4.79 Å². The van der Waals surface area contributed by atoms with Crippen LogP contribution in [0.4, 0.5) is 4.79 Å². The standard InChI is InChI=1S/C17H23NO6/c1-10(2)12-9-24-17(20)18(12)15(19)8-11-6-13(21-3)16(23-5)14(7-11)22-4/h6-7,10,12H,8-9H2,1-5H3/t12-/m0/s1. The molecule has 0 bridgehead atoms. The molecule has 0 N–H and O–H groups in total. The highest BCUT2D eigenvalue weighted by molar-refractivity contribution is 5.94. The van der Waals surface area contributed by atoms with E-state index >= 15 is 0 Å². The van der Waals surface area contributed by atoms with Crippen LogP contribution in [0.25, 0.3) is 0 Å². The number of carbonyl (C=O) groups is 2. The summed E-state index contributed by atoms with van der Waals surface area (Å²) in [5.41, 5.74) is 0.664. The highest BCUT2D eigenvalue weighted by Crippen LogP contribution is 2.38. The van der Waals surface area contributed by atoms with E-state index in [2.05, 4.69) is 0 Å². The number of ether oxygens (including phenoxy) is 4. The number of imide groups is 1. The molecule has 1 saturated heterocycles. The maximum Gasteiger partial charge on any atom is 0.416 e. The summed E-state index contributed by atoms with van der Waals surface area (Å²) in [6.45, 7) is 4.14. The molecule has 7 nitrogen and oxygen atoms in total. The van der Waals surface area contributed by atoms with Crippen LogP contribution in [-0.4, -0.2) is 50.9 Å². The summed E-state index contributed by atoms with van der Waals surface area (Å²) in [7, 11) is 4.53. The topological polar surface area (TPSA) is 74.3 Å². The fourth-order valence-electron chi connectivity index (χ4n) is 2.71. The van der Waals surface area contributed by atoms with Crippen molar-refractivity contribution < 1.29 is 28.5 Å². The van der Waals surface area contributed by atoms with Crippen LogP contribution in [0, 0.1) is 5.92 Å². The van der Waals surface area contributed by atoms with Crippen LogP contribution in [0.1, 0.15) is 19.4 Å². The Kier molecular flexibility index (Phi) is 5.54. The lowest BCUT2D eigenvalue weighted by Crippen LogP contribution is -2.42. The van der Waals surface area contributed by atoms with E-state index in [-0.39, 0.29) is 30.9 Å². The van der Waals surface area contributed by atoms with E-state index < -0.39 is 6.09 Å². The highest BCUT2D eigenvalue weighted by atomic mass is 16.6. The monoisotopic (exact) mass is 337 g/mol. The molecule has 0 spiro atoms. The molecule has 0 saturated carbocycles. The SMILES string of the molecule is COc1cc(CC(=O)N2C(=O)OC[C@H]2C(C)C)cc(OC)c1OC. The second kappa shape index (κ2) is 7.42. The summed E-state index contributed by atoms with van der Waals surface area (Å²) in [4.78, 5) is 25.7. The van der Waals surface area contributed by atoms with Crippen molar-refractivity contribution in [2.24, 2.45) is 5.92 Å². The molecule has 0 aliphatic carbocycles. The van der Waals surface area contributed by atoms with E-state index in [9.17, 15) is 9.59 Å². The first-order chi connectivity index (χ1) is 11.4. The zero-order chi connectivity index (χ0) is 17.9. The number of rotatable bonds is 6. The normalized spacial score (nSPS) is 17.0. The van der Waals surface area contributed by atoms with Crippen LogP contribution in [0.2, 0.25) is 0 Å². The summed E-state index contributed by atoms with van der Waals surface area (Å²) < 4.78 is 20.9. The average molecular weight is 337 g/mol. The molecule has 1 aromatic rings. The summed E-state index contributed by atoms with van der Waals surface area (Å²) >= 11 is 0. The Morgan fingerprint density at radius 1 is 1.21 bits per heavy atom. The Morgan fingerprint density at radius 3 is 2.25 bits per heavy atom. The number of nitrogens with zero attached hydrogens (tertiary/aromatic N) is 1. The molecular formula is C17H23NO6. The first-order valence-corrected chi connectivity index (χ1v) is 7.70. The van der Waals surface area contributed by atoms with E-state index in [1.165, 1.54) is 26.2 Å². The molecule has 1 aliphatic rings. The Hall–Kier alpha value is -2.44. The molecule has 0 unspecified atom stereocenters. The third-order valence-electron chi connectivity index (χ3n) is 4.02. The summed E-state index contributed by atoms with van der Waals surface area (Å²) in [5, 5.41) is 0. The quantitative estimate of drug-likeness (QED) is 0.793. The minimum atomic E-state index is -0.592. The zero-order valence-corrected chi connectivity index (χ0v) is 14.6. The average Bonchev–Trinajstić information content (AvgIpc) is 2.95. The molecule has 24 heavy (non-hydrogen) atoms. The largest absolute Gasteiger partial charge is 0.493 e. The maximum absolute atomic E-state index is 12.6. The zero-order valence-electron chi connectivity index (χ0n) is 14.6. The number of amides is 2. The number of methoxy groups -OCH3 is 3. The molecule has 7 heteroatoms. The van der Waals surface area contributed by atoms with Gasteiger partial charge >= 0.3 is 6.09 Å². The van der Waals surface area contributed by atoms with Gasteiger partial charge in [0.1, 0.15) is 6.61 Å². The molecular weight excluding hydrogens is 314 g/mol. The predicted molar refractivity (Wildman–Crippen MR) is 86.6 cm³/mol. The minimum absolute atomic E-state index is 0.0367. The third kappa shape index (κ3) is 3.39. The lowest BCUT2D eigenvalue weighted by molar-refractivity contribution is -0.129. The van der Waals surface area contributed by atoms with Crippen molar-refractivity contribution in [3.8, 4) is 17.2 Å². The van der Waals surface area contributed by atoms with Gasteiger partial charge in [0.2, 0.25) is 11.7 Å². The van der Waals surface area contributed by atoms with Crippen LogP contribution in [0.3, 0.4) is 0 Å². The van der Waals surface area contributed by atoms with E-state index in [1.54, 1.807) is 12.1 Å². The van der Waals surface area contributed by atoms with Gasteiger partial charge in [0.15, 0.2) is 11.5 Å². The first kappa shape index (κ1) is 17.9. The van der Waals surface area contributed by atoms with Crippen LogP contribution >= 0.6 is 0 Å². The second-order valence-electron chi connectivity index (χ2n) is 5.86. The van der Waals surface area contributed by atoms with Gasteiger partial charge in [-0.2, -0.15) is 0 Å². The second-order valence-corrected chi connectivity index (χ2v) is 5.86. The summed E-state index contributed by atoms with van der Waals surface area (Å²) in [6, 6.07) is 3.16. The molecule has 1 aromatic carbocycles. The lowest BCUT2D eigenvalue weighted by Gasteiger charge is -2.22. The van der Waals surface area contributed by atoms with Crippen molar-refractivity contribution in [2.45, 2.75) is 26.3 Å². The Morgan fingerprint density at radius 2 is 1.79 bits per heavy atom. The number of cyclic esters (lactones) is 1. The van der Waals surface area contributed by atoms with Crippen molar-refractivity contribution in [1.82, 2.24) is 4.90 Å². The fourth-order valence-corrected chi connectivity index (χ4v) is 2.71. The van der Waals surface area contributed by atoms with E-state index in [0.717, 1.165) is 0 Å². The van der Waals surface area contributed by atoms with Gasteiger partial charge in [-0.1, -0.05) is 13.8 Å². The molecule has 1 fully saturated rings. The number of benzene rings is 1. The van der Waals surface area contributed by atoms with Crippen molar-refractivity contribution in [1.29, 1.82) is 0 Å². The van der Waals surface area contributed by atoms with Crippen molar-refractivity contribution in [3.63, 3.8) is 0 Å². The highest BCUT2D eigenvalue weighted by Gasteiger charge is 2.39. The van der Waals surface area contributed by atoms with Crippen molar-refractivity contribution >= 4 is 12.0 Å². The Labute approximate surface area is 141 Å².